The molecule has 36 heavy (non-hydrogen) atoms. The SMILES string of the molecule is O=c1ccn([C@H]2OC(COP(=O)(O)OP(=O)(O)OC3OC(CO)C(O)C(O)C3O)C(O)C2O)c(=O)[nH]1. The second-order valence-corrected chi connectivity index (χ2v) is 10.7. The van der Waals surface area contributed by atoms with Crippen LogP contribution in [0.25, 0.3) is 0 Å². The average molecular weight is 566 g/mol. The Morgan fingerprint density at radius 1 is 0.917 bits per heavy atom. The van der Waals surface area contributed by atoms with Crippen molar-refractivity contribution in [2.75, 3.05) is 13.2 Å². The van der Waals surface area contributed by atoms with E-state index in [0.717, 1.165) is 16.8 Å². The minimum atomic E-state index is -5.59. The van der Waals surface area contributed by atoms with Gasteiger partial charge < -0.3 is 49.9 Å². The molecular weight excluding hydrogens is 542 g/mol. The Balaban J connectivity index is 1.61. The predicted octanol–water partition coefficient (Wildman–Crippen LogP) is -4.79. The molecule has 0 saturated carbocycles. The van der Waals surface area contributed by atoms with Gasteiger partial charge >= 0.3 is 21.3 Å². The summed E-state index contributed by atoms with van der Waals surface area (Å²) in [4.78, 5) is 44.5. The lowest BCUT2D eigenvalue weighted by Gasteiger charge is -2.39. The zero-order valence-corrected chi connectivity index (χ0v) is 19.6. The Labute approximate surface area is 199 Å². The van der Waals surface area contributed by atoms with E-state index in [2.05, 4.69) is 13.4 Å². The second kappa shape index (κ2) is 11.2. The lowest BCUT2D eigenvalue weighted by Crippen LogP contribution is -2.58. The summed E-state index contributed by atoms with van der Waals surface area (Å²) >= 11 is 0. The molecule has 0 aromatic carbocycles. The Morgan fingerprint density at radius 2 is 1.56 bits per heavy atom. The molecule has 1 aromatic heterocycles. The van der Waals surface area contributed by atoms with Crippen molar-refractivity contribution in [3.63, 3.8) is 0 Å². The third-order valence-corrected chi connectivity index (χ3v) is 7.76. The molecule has 10 unspecified atom stereocenters. The largest absolute Gasteiger partial charge is 0.483 e. The lowest BCUT2D eigenvalue weighted by atomic mass is 10.00. The number of aliphatic hydroxyl groups is 6. The van der Waals surface area contributed by atoms with Gasteiger partial charge in [-0.2, -0.15) is 4.31 Å². The topological polar surface area (TPSA) is 297 Å². The maximum atomic E-state index is 12.2. The van der Waals surface area contributed by atoms with E-state index in [1.54, 1.807) is 0 Å². The summed E-state index contributed by atoms with van der Waals surface area (Å²) in [5.41, 5.74) is -1.75. The van der Waals surface area contributed by atoms with Gasteiger partial charge in [0.25, 0.3) is 5.56 Å². The normalized spacial score (nSPS) is 38.4. The molecule has 0 radical (unpaired) electrons. The van der Waals surface area contributed by atoms with E-state index >= 15 is 0 Å². The third-order valence-electron chi connectivity index (χ3n) is 5.16. The summed E-state index contributed by atoms with van der Waals surface area (Å²) in [5.74, 6) is 0. The maximum Gasteiger partial charge on any atom is 0.483 e. The quantitative estimate of drug-likeness (QED) is 0.127. The van der Waals surface area contributed by atoms with Crippen LogP contribution in [0.5, 0.6) is 0 Å². The van der Waals surface area contributed by atoms with Gasteiger partial charge in [0.1, 0.15) is 42.7 Å². The van der Waals surface area contributed by atoms with Crippen LogP contribution in [0.3, 0.4) is 0 Å². The highest BCUT2D eigenvalue weighted by molar-refractivity contribution is 7.61. The van der Waals surface area contributed by atoms with Crippen LogP contribution >= 0.6 is 15.6 Å². The van der Waals surface area contributed by atoms with Crippen molar-refractivity contribution in [3.05, 3.63) is 33.1 Å². The first kappa shape index (κ1) is 29.2. The number of aromatic amines is 1. The van der Waals surface area contributed by atoms with Gasteiger partial charge in [-0.25, -0.2) is 13.9 Å². The monoisotopic (exact) mass is 566 g/mol. The minimum absolute atomic E-state index is 0.723. The molecule has 21 heteroatoms. The molecule has 0 aliphatic carbocycles. The van der Waals surface area contributed by atoms with E-state index in [-0.39, 0.29) is 0 Å². The fourth-order valence-electron chi connectivity index (χ4n) is 3.35. The number of nitrogens with one attached hydrogen (secondary N) is 1. The number of hydrogen-bond acceptors (Lipinski definition) is 15. The molecule has 3 rings (SSSR count). The Kier molecular flexibility index (Phi) is 9.05. The molecule has 206 valence electrons. The van der Waals surface area contributed by atoms with E-state index in [9.17, 15) is 54.0 Å². The van der Waals surface area contributed by atoms with Crippen molar-refractivity contribution in [2.45, 2.75) is 55.2 Å². The van der Waals surface area contributed by atoms with Crippen molar-refractivity contribution in [1.29, 1.82) is 0 Å². The first-order valence-electron chi connectivity index (χ1n) is 9.99. The van der Waals surface area contributed by atoms with E-state index < -0.39 is 95.4 Å². The van der Waals surface area contributed by atoms with Gasteiger partial charge in [0.2, 0.25) is 0 Å². The molecule has 2 aliphatic rings. The van der Waals surface area contributed by atoms with Crippen molar-refractivity contribution < 1.29 is 72.4 Å². The van der Waals surface area contributed by atoms with Gasteiger partial charge in [0.15, 0.2) is 12.5 Å². The molecule has 2 aliphatic heterocycles. The number of phosphoric acid groups is 2. The van der Waals surface area contributed by atoms with Crippen LogP contribution < -0.4 is 11.2 Å². The predicted molar refractivity (Wildman–Crippen MR) is 109 cm³/mol. The highest BCUT2D eigenvalue weighted by atomic mass is 31.3. The molecule has 9 N–H and O–H groups in total. The molecule has 0 amide bonds. The van der Waals surface area contributed by atoms with Gasteiger partial charge in [-0.1, -0.05) is 0 Å². The molecular formula is C15H24N2O17P2. The Bertz CT molecular complexity index is 1120. The summed E-state index contributed by atoms with van der Waals surface area (Å²) in [6.45, 7) is -1.93. The van der Waals surface area contributed by atoms with Crippen molar-refractivity contribution in [1.82, 2.24) is 9.55 Å². The van der Waals surface area contributed by atoms with Gasteiger partial charge in [-0.15, -0.1) is 0 Å². The highest BCUT2D eigenvalue weighted by Gasteiger charge is 2.49. The van der Waals surface area contributed by atoms with Crippen LogP contribution in [0.4, 0.5) is 0 Å². The standard InChI is InChI=1S/C15H24N2O17P2/c18-3-5-8(20)10(22)12(24)14(32-5)33-36(28,29)34-35(26,27)30-4-6-9(21)11(23)13(31-6)17-2-1-7(19)16-15(17)25/h1-2,5-6,8-14,18,20-24H,3-4H2,(H,26,27)(H,28,29)(H,16,19,25)/t5?,6?,8?,9?,10?,11?,12?,13-,14?/m0/s1. The van der Waals surface area contributed by atoms with Gasteiger partial charge in [0, 0.05) is 12.3 Å². The third kappa shape index (κ3) is 6.54. The van der Waals surface area contributed by atoms with Crippen LogP contribution in [0.15, 0.2) is 21.9 Å². The lowest BCUT2D eigenvalue weighted by molar-refractivity contribution is -0.280. The van der Waals surface area contributed by atoms with E-state index in [0.29, 0.717) is 0 Å². The van der Waals surface area contributed by atoms with Crippen LogP contribution in [0.2, 0.25) is 0 Å². The fraction of sp³-hybridized carbons (Fsp3) is 0.733. The molecule has 2 fully saturated rings. The molecule has 2 saturated heterocycles. The number of H-pyrrole nitrogens is 1. The van der Waals surface area contributed by atoms with Crippen LogP contribution in [-0.2, 0) is 32.0 Å². The van der Waals surface area contributed by atoms with Gasteiger partial charge in [-0.3, -0.25) is 23.4 Å². The van der Waals surface area contributed by atoms with Gasteiger partial charge in [0.05, 0.1) is 13.2 Å². The average Bonchev–Trinajstić information content (AvgIpc) is 3.06. The summed E-state index contributed by atoms with van der Waals surface area (Å²) in [5, 5.41) is 58.6. The molecule has 1 aromatic rings. The molecule has 3 heterocycles. The molecule has 0 spiro atoms. The van der Waals surface area contributed by atoms with E-state index in [1.807, 2.05) is 4.98 Å². The minimum Gasteiger partial charge on any atom is -0.394 e. The molecule has 19 nitrogen and oxygen atoms in total. The zero-order valence-electron chi connectivity index (χ0n) is 17.9. The number of aliphatic hydroxyl groups excluding tert-OH is 6. The van der Waals surface area contributed by atoms with Crippen molar-refractivity contribution in [3.8, 4) is 0 Å². The number of phosphoric ester groups is 2. The molecule has 11 atom stereocenters. The summed E-state index contributed by atoms with van der Waals surface area (Å²) < 4.78 is 48.1. The van der Waals surface area contributed by atoms with E-state index in [4.69, 9.17) is 14.6 Å². The number of aromatic nitrogens is 2. The Morgan fingerprint density at radius 3 is 2.17 bits per heavy atom. The number of hydrogen-bond donors (Lipinski definition) is 9. The number of rotatable bonds is 9. The number of nitrogens with zero attached hydrogens (tertiary/aromatic N) is 1. The molecule has 0 bridgehead atoms. The maximum absolute atomic E-state index is 12.2. The summed E-state index contributed by atoms with van der Waals surface area (Å²) in [6.07, 6.45) is -15.4. The van der Waals surface area contributed by atoms with Crippen LogP contribution in [-0.4, -0.2) is 112 Å². The summed E-state index contributed by atoms with van der Waals surface area (Å²) in [6, 6.07) is 0.928. The van der Waals surface area contributed by atoms with Crippen LogP contribution in [0, 0.1) is 0 Å². The second-order valence-electron chi connectivity index (χ2n) is 7.68. The van der Waals surface area contributed by atoms with Crippen LogP contribution in [0.1, 0.15) is 6.23 Å². The fourth-order valence-corrected chi connectivity index (χ4v) is 5.51. The first-order chi connectivity index (χ1) is 16.7. The van der Waals surface area contributed by atoms with E-state index in [1.165, 1.54) is 0 Å². The number of ether oxygens (including phenoxy) is 2. The highest BCUT2D eigenvalue weighted by Crippen LogP contribution is 2.61. The Hall–Kier alpha value is -1.38. The smallest absolute Gasteiger partial charge is 0.394 e. The zero-order chi connectivity index (χ0) is 27.0. The summed E-state index contributed by atoms with van der Waals surface area (Å²) in [7, 11) is -11.1. The first-order valence-corrected chi connectivity index (χ1v) is 13.0. The van der Waals surface area contributed by atoms with Crippen molar-refractivity contribution in [2.24, 2.45) is 0 Å². The van der Waals surface area contributed by atoms with Gasteiger partial charge in [-0.05, 0) is 0 Å². The van der Waals surface area contributed by atoms with Crippen molar-refractivity contribution >= 4 is 15.6 Å².